The lowest BCUT2D eigenvalue weighted by Crippen LogP contribution is -2.32. The van der Waals surface area contributed by atoms with E-state index in [0.29, 0.717) is 18.8 Å². The van der Waals surface area contributed by atoms with Crippen molar-refractivity contribution in [2.45, 2.75) is 37.8 Å². The van der Waals surface area contributed by atoms with E-state index < -0.39 is 0 Å². The number of nitrogens with one attached hydrogen (secondary N) is 1. The van der Waals surface area contributed by atoms with Crippen molar-refractivity contribution in [1.29, 1.82) is 0 Å². The molecule has 0 saturated carbocycles. The Balaban J connectivity index is 1.70. The molecule has 19 heavy (non-hydrogen) atoms. The molecule has 2 rings (SSSR count). The van der Waals surface area contributed by atoms with Crippen LogP contribution in [-0.2, 0) is 4.74 Å². The van der Waals surface area contributed by atoms with Crippen LogP contribution in [0, 0.1) is 0 Å². The van der Waals surface area contributed by atoms with Gasteiger partial charge in [-0.3, -0.25) is 0 Å². The van der Waals surface area contributed by atoms with E-state index in [1.807, 2.05) is 31.3 Å². The number of hydrogen-bond acceptors (Lipinski definition) is 3. The van der Waals surface area contributed by atoms with Crippen molar-refractivity contribution in [1.82, 2.24) is 5.32 Å². The first-order chi connectivity index (χ1) is 9.28. The molecule has 4 heteroatoms. The van der Waals surface area contributed by atoms with E-state index in [9.17, 15) is 0 Å². The number of halogens is 1. The minimum atomic E-state index is 0.361. The molecule has 1 fully saturated rings. The molecule has 2 atom stereocenters. The van der Waals surface area contributed by atoms with E-state index in [1.165, 1.54) is 12.8 Å². The van der Waals surface area contributed by atoms with E-state index in [-0.39, 0.29) is 0 Å². The fraction of sp³-hybridized carbons (Fsp3) is 0.600. The molecule has 1 aromatic carbocycles. The standard InChI is InChI=1S/C15H22ClNO2/c1-17-13(6-9-14-3-2-10-18-14)11-19-15-7-4-12(16)5-8-15/h4-5,7-8,13-14,17H,2-3,6,9-11H2,1H3. The summed E-state index contributed by atoms with van der Waals surface area (Å²) in [5.41, 5.74) is 0. The maximum absolute atomic E-state index is 5.84. The molecule has 1 aromatic rings. The van der Waals surface area contributed by atoms with Crippen LogP contribution in [0.4, 0.5) is 0 Å². The number of hydrogen-bond donors (Lipinski definition) is 1. The summed E-state index contributed by atoms with van der Waals surface area (Å²) in [4.78, 5) is 0. The summed E-state index contributed by atoms with van der Waals surface area (Å²) in [6.45, 7) is 1.60. The lowest BCUT2D eigenvalue weighted by molar-refractivity contribution is 0.0975. The summed E-state index contributed by atoms with van der Waals surface area (Å²) >= 11 is 5.84. The third-order valence-electron chi connectivity index (χ3n) is 3.53. The topological polar surface area (TPSA) is 30.5 Å². The van der Waals surface area contributed by atoms with Gasteiger partial charge in [-0.1, -0.05) is 11.6 Å². The number of ether oxygens (including phenoxy) is 2. The molecular weight excluding hydrogens is 262 g/mol. The van der Waals surface area contributed by atoms with Gasteiger partial charge in [0.15, 0.2) is 0 Å². The molecule has 0 amide bonds. The van der Waals surface area contributed by atoms with E-state index >= 15 is 0 Å². The van der Waals surface area contributed by atoms with Gasteiger partial charge in [0.1, 0.15) is 12.4 Å². The van der Waals surface area contributed by atoms with Crippen LogP contribution in [-0.4, -0.2) is 32.4 Å². The average molecular weight is 284 g/mol. The highest BCUT2D eigenvalue weighted by atomic mass is 35.5. The highest BCUT2D eigenvalue weighted by Gasteiger charge is 2.17. The highest BCUT2D eigenvalue weighted by Crippen LogP contribution is 2.19. The van der Waals surface area contributed by atoms with Crippen LogP contribution in [0.1, 0.15) is 25.7 Å². The molecule has 0 spiro atoms. The molecule has 0 bridgehead atoms. The molecule has 2 unspecified atom stereocenters. The highest BCUT2D eigenvalue weighted by molar-refractivity contribution is 6.30. The van der Waals surface area contributed by atoms with Crippen LogP contribution in [0.2, 0.25) is 5.02 Å². The van der Waals surface area contributed by atoms with E-state index in [1.54, 1.807) is 0 Å². The summed E-state index contributed by atoms with van der Waals surface area (Å²) in [5, 5.41) is 4.03. The van der Waals surface area contributed by atoms with Crippen LogP contribution in [0.25, 0.3) is 0 Å². The van der Waals surface area contributed by atoms with Gasteiger partial charge in [-0.05, 0) is 57.0 Å². The van der Waals surface area contributed by atoms with Gasteiger partial charge in [-0.2, -0.15) is 0 Å². The Bertz CT molecular complexity index is 363. The second-order valence-corrected chi connectivity index (χ2v) is 5.40. The van der Waals surface area contributed by atoms with Gasteiger partial charge in [-0.15, -0.1) is 0 Å². The fourth-order valence-corrected chi connectivity index (χ4v) is 2.42. The second-order valence-electron chi connectivity index (χ2n) is 4.96. The van der Waals surface area contributed by atoms with Gasteiger partial charge in [0.05, 0.1) is 6.10 Å². The Hall–Kier alpha value is -0.770. The third-order valence-corrected chi connectivity index (χ3v) is 3.79. The summed E-state index contributed by atoms with van der Waals surface area (Å²) in [5.74, 6) is 0.863. The SMILES string of the molecule is CNC(CCC1CCCO1)COc1ccc(Cl)cc1. The van der Waals surface area contributed by atoms with Crippen molar-refractivity contribution >= 4 is 11.6 Å². The molecular formula is C15H22ClNO2. The van der Waals surface area contributed by atoms with Crippen molar-refractivity contribution in [3.8, 4) is 5.75 Å². The molecule has 1 aliphatic heterocycles. The predicted molar refractivity (Wildman–Crippen MR) is 78.0 cm³/mol. The third kappa shape index (κ3) is 5.01. The van der Waals surface area contributed by atoms with E-state index in [2.05, 4.69) is 5.32 Å². The van der Waals surface area contributed by atoms with Crippen molar-refractivity contribution in [2.24, 2.45) is 0 Å². The van der Waals surface area contributed by atoms with Crippen molar-refractivity contribution in [2.75, 3.05) is 20.3 Å². The van der Waals surface area contributed by atoms with Crippen LogP contribution in [0.5, 0.6) is 5.75 Å². The summed E-state index contributed by atoms with van der Waals surface area (Å²) in [6, 6.07) is 7.85. The van der Waals surface area contributed by atoms with Gasteiger partial charge in [-0.25, -0.2) is 0 Å². The molecule has 0 aliphatic carbocycles. The molecule has 0 radical (unpaired) electrons. The van der Waals surface area contributed by atoms with Gasteiger partial charge in [0, 0.05) is 17.7 Å². The van der Waals surface area contributed by atoms with Gasteiger partial charge in [0.25, 0.3) is 0 Å². The zero-order valence-corrected chi connectivity index (χ0v) is 12.2. The minimum Gasteiger partial charge on any atom is -0.492 e. The zero-order valence-electron chi connectivity index (χ0n) is 11.4. The molecule has 1 saturated heterocycles. The lowest BCUT2D eigenvalue weighted by atomic mass is 10.1. The van der Waals surface area contributed by atoms with Crippen LogP contribution < -0.4 is 10.1 Å². The number of benzene rings is 1. The Kier molecular flexibility index (Phi) is 5.95. The monoisotopic (exact) mass is 283 g/mol. The minimum absolute atomic E-state index is 0.361. The number of likely N-dealkylation sites (N-methyl/N-ethyl adjacent to an activating group) is 1. The Labute approximate surface area is 120 Å². The van der Waals surface area contributed by atoms with Gasteiger partial charge < -0.3 is 14.8 Å². The predicted octanol–water partition coefficient (Wildman–Crippen LogP) is 3.27. The van der Waals surface area contributed by atoms with Crippen molar-refractivity contribution in [3.63, 3.8) is 0 Å². The maximum Gasteiger partial charge on any atom is 0.119 e. The molecule has 0 aromatic heterocycles. The first-order valence-corrected chi connectivity index (χ1v) is 7.33. The van der Waals surface area contributed by atoms with Crippen molar-refractivity contribution in [3.05, 3.63) is 29.3 Å². The zero-order chi connectivity index (χ0) is 13.5. The van der Waals surface area contributed by atoms with Crippen LogP contribution in [0.15, 0.2) is 24.3 Å². The summed E-state index contributed by atoms with van der Waals surface area (Å²) in [7, 11) is 1.98. The molecule has 1 aliphatic rings. The van der Waals surface area contributed by atoms with E-state index in [4.69, 9.17) is 21.1 Å². The molecule has 106 valence electrons. The first kappa shape index (κ1) is 14.6. The Morgan fingerprint density at radius 1 is 1.42 bits per heavy atom. The first-order valence-electron chi connectivity index (χ1n) is 6.95. The smallest absolute Gasteiger partial charge is 0.119 e. The quantitative estimate of drug-likeness (QED) is 0.833. The van der Waals surface area contributed by atoms with Gasteiger partial charge >= 0.3 is 0 Å². The van der Waals surface area contributed by atoms with Crippen LogP contribution >= 0.6 is 11.6 Å². The lowest BCUT2D eigenvalue weighted by Gasteiger charge is -2.18. The summed E-state index contributed by atoms with van der Waals surface area (Å²) in [6.07, 6.45) is 5.04. The Morgan fingerprint density at radius 2 is 2.21 bits per heavy atom. The largest absolute Gasteiger partial charge is 0.492 e. The normalized spacial score (nSPS) is 20.4. The van der Waals surface area contributed by atoms with Crippen LogP contribution in [0.3, 0.4) is 0 Å². The fourth-order valence-electron chi connectivity index (χ4n) is 2.30. The average Bonchev–Trinajstić information content (AvgIpc) is 2.94. The summed E-state index contributed by atoms with van der Waals surface area (Å²) < 4.78 is 11.4. The molecule has 1 heterocycles. The van der Waals surface area contributed by atoms with E-state index in [0.717, 1.165) is 30.2 Å². The second kappa shape index (κ2) is 7.73. The number of rotatable bonds is 7. The molecule has 3 nitrogen and oxygen atoms in total. The maximum atomic E-state index is 5.84. The Morgan fingerprint density at radius 3 is 2.84 bits per heavy atom. The van der Waals surface area contributed by atoms with Crippen molar-refractivity contribution < 1.29 is 9.47 Å². The molecule has 1 N–H and O–H groups in total. The van der Waals surface area contributed by atoms with Gasteiger partial charge in [0.2, 0.25) is 0 Å².